The van der Waals surface area contributed by atoms with Crippen molar-refractivity contribution in [2.45, 2.75) is 20.1 Å². The van der Waals surface area contributed by atoms with Gasteiger partial charge in [-0.15, -0.1) is 0 Å². The maximum atomic E-state index is 6.02. The van der Waals surface area contributed by atoms with Gasteiger partial charge >= 0.3 is 0 Å². The van der Waals surface area contributed by atoms with Crippen LogP contribution in [0.15, 0.2) is 72.8 Å². The first-order chi connectivity index (χ1) is 14.3. The van der Waals surface area contributed by atoms with Crippen LogP contribution >= 0.6 is 0 Å². The van der Waals surface area contributed by atoms with E-state index in [0.29, 0.717) is 31.3 Å². The molecular weight excluding hydrogens is 364 g/mol. The second-order valence-corrected chi connectivity index (χ2v) is 6.72. The first-order valence-corrected chi connectivity index (χ1v) is 9.64. The predicted octanol–water partition coefficient (Wildman–Crippen LogP) is 5.01. The van der Waals surface area contributed by atoms with Crippen molar-refractivity contribution in [1.29, 1.82) is 0 Å². The molecule has 0 amide bonds. The van der Waals surface area contributed by atoms with Crippen LogP contribution in [-0.2, 0) is 13.2 Å². The van der Waals surface area contributed by atoms with Gasteiger partial charge in [-0.2, -0.15) is 0 Å². The van der Waals surface area contributed by atoms with E-state index in [-0.39, 0.29) is 0 Å². The Morgan fingerprint density at radius 3 is 2.28 bits per heavy atom. The van der Waals surface area contributed by atoms with Crippen LogP contribution in [0.3, 0.4) is 0 Å². The highest BCUT2D eigenvalue weighted by Gasteiger charge is 2.12. The van der Waals surface area contributed by atoms with Gasteiger partial charge in [0.1, 0.15) is 24.8 Å². The Labute approximate surface area is 170 Å². The summed E-state index contributed by atoms with van der Waals surface area (Å²) in [6, 6.07) is 23.8. The number of para-hydroxylation sites is 5. The summed E-state index contributed by atoms with van der Waals surface area (Å²) in [7, 11) is 1.64. The summed E-state index contributed by atoms with van der Waals surface area (Å²) in [6.07, 6.45) is 0. The van der Waals surface area contributed by atoms with Gasteiger partial charge in [-0.3, -0.25) is 0 Å². The second kappa shape index (κ2) is 8.69. The molecule has 0 spiro atoms. The quantitative estimate of drug-likeness (QED) is 0.426. The first-order valence-electron chi connectivity index (χ1n) is 9.64. The molecule has 1 aromatic heterocycles. The van der Waals surface area contributed by atoms with E-state index in [1.54, 1.807) is 7.11 Å². The zero-order chi connectivity index (χ0) is 20.1. The number of ether oxygens (including phenoxy) is 3. The Morgan fingerprint density at radius 1 is 0.793 bits per heavy atom. The van der Waals surface area contributed by atoms with Gasteiger partial charge in [0.05, 0.1) is 24.7 Å². The van der Waals surface area contributed by atoms with Crippen LogP contribution in [-0.4, -0.2) is 23.3 Å². The number of benzene rings is 3. The minimum Gasteiger partial charge on any atom is -0.493 e. The third-order valence-corrected chi connectivity index (χ3v) is 4.83. The van der Waals surface area contributed by atoms with Crippen LogP contribution in [0.5, 0.6) is 17.2 Å². The lowest BCUT2D eigenvalue weighted by atomic mass is 10.2. The highest BCUT2D eigenvalue weighted by Crippen LogP contribution is 2.27. The van der Waals surface area contributed by atoms with Gasteiger partial charge in [0, 0.05) is 0 Å². The highest BCUT2D eigenvalue weighted by molar-refractivity contribution is 5.75. The van der Waals surface area contributed by atoms with Gasteiger partial charge in [0.25, 0.3) is 0 Å². The topological polar surface area (TPSA) is 45.5 Å². The number of nitrogens with zero attached hydrogens (tertiary/aromatic N) is 2. The molecule has 0 aliphatic carbocycles. The molecule has 0 bridgehead atoms. The Morgan fingerprint density at radius 2 is 1.48 bits per heavy atom. The number of imidazole rings is 1. The largest absolute Gasteiger partial charge is 0.493 e. The Kier molecular flexibility index (Phi) is 5.66. The third kappa shape index (κ3) is 4.19. The standard InChI is InChI=1S/C24H24N2O3/c1-18-9-3-6-12-21(18)28-16-15-26-20-11-5-4-10-19(20)25-24(26)17-29-23-14-8-7-13-22(23)27-2/h3-14H,15-17H2,1-2H3. The summed E-state index contributed by atoms with van der Waals surface area (Å²) < 4.78 is 19.6. The van der Waals surface area contributed by atoms with E-state index in [0.717, 1.165) is 28.2 Å². The number of methoxy groups -OCH3 is 1. The fourth-order valence-electron chi connectivity index (χ4n) is 3.33. The maximum Gasteiger partial charge on any atom is 0.161 e. The van der Waals surface area contributed by atoms with Crippen molar-refractivity contribution in [2.75, 3.05) is 13.7 Å². The van der Waals surface area contributed by atoms with E-state index in [1.807, 2.05) is 60.7 Å². The maximum absolute atomic E-state index is 6.02. The molecule has 0 unspecified atom stereocenters. The Hall–Kier alpha value is -3.47. The number of aryl methyl sites for hydroxylation is 1. The lowest BCUT2D eigenvalue weighted by molar-refractivity contribution is 0.261. The molecule has 0 saturated heterocycles. The van der Waals surface area contributed by atoms with E-state index < -0.39 is 0 Å². The molecule has 0 N–H and O–H groups in total. The number of aromatic nitrogens is 2. The lowest BCUT2D eigenvalue weighted by Crippen LogP contribution is -2.13. The molecule has 0 aliphatic rings. The van der Waals surface area contributed by atoms with Crippen molar-refractivity contribution in [2.24, 2.45) is 0 Å². The summed E-state index contributed by atoms with van der Waals surface area (Å²) in [5.74, 6) is 3.16. The van der Waals surface area contributed by atoms with Crippen LogP contribution in [0.1, 0.15) is 11.4 Å². The van der Waals surface area contributed by atoms with Crippen molar-refractivity contribution in [3.05, 3.63) is 84.2 Å². The average molecular weight is 388 g/mol. The van der Waals surface area contributed by atoms with Gasteiger partial charge in [0.2, 0.25) is 0 Å². The SMILES string of the molecule is COc1ccccc1OCc1nc2ccccc2n1CCOc1ccccc1C. The molecule has 1 heterocycles. The zero-order valence-corrected chi connectivity index (χ0v) is 16.7. The fraction of sp³-hybridized carbons (Fsp3) is 0.208. The average Bonchev–Trinajstić information content (AvgIpc) is 3.11. The molecular formula is C24H24N2O3. The van der Waals surface area contributed by atoms with Crippen molar-refractivity contribution < 1.29 is 14.2 Å². The smallest absolute Gasteiger partial charge is 0.161 e. The van der Waals surface area contributed by atoms with Gasteiger partial charge < -0.3 is 18.8 Å². The van der Waals surface area contributed by atoms with E-state index in [4.69, 9.17) is 19.2 Å². The third-order valence-electron chi connectivity index (χ3n) is 4.83. The number of hydrogen-bond donors (Lipinski definition) is 0. The molecule has 4 aromatic rings. The van der Waals surface area contributed by atoms with E-state index >= 15 is 0 Å². The number of hydrogen-bond acceptors (Lipinski definition) is 4. The highest BCUT2D eigenvalue weighted by atomic mass is 16.5. The van der Waals surface area contributed by atoms with Crippen molar-refractivity contribution in [3.8, 4) is 17.2 Å². The van der Waals surface area contributed by atoms with Crippen molar-refractivity contribution >= 4 is 11.0 Å². The molecule has 148 valence electrons. The van der Waals surface area contributed by atoms with Gasteiger partial charge in [0.15, 0.2) is 11.5 Å². The van der Waals surface area contributed by atoms with Crippen molar-refractivity contribution in [1.82, 2.24) is 9.55 Å². The van der Waals surface area contributed by atoms with Crippen molar-refractivity contribution in [3.63, 3.8) is 0 Å². The van der Waals surface area contributed by atoms with E-state index in [9.17, 15) is 0 Å². The summed E-state index contributed by atoms with van der Waals surface area (Å²) in [4.78, 5) is 4.77. The van der Waals surface area contributed by atoms with E-state index in [2.05, 4.69) is 23.6 Å². The molecule has 3 aromatic carbocycles. The Balaban J connectivity index is 1.53. The van der Waals surface area contributed by atoms with Crippen LogP contribution in [0.2, 0.25) is 0 Å². The van der Waals surface area contributed by atoms with Crippen LogP contribution in [0.25, 0.3) is 11.0 Å². The monoisotopic (exact) mass is 388 g/mol. The summed E-state index contributed by atoms with van der Waals surface area (Å²) in [5.41, 5.74) is 3.14. The molecule has 5 nitrogen and oxygen atoms in total. The lowest BCUT2D eigenvalue weighted by Gasteiger charge is -2.13. The van der Waals surface area contributed by atoms with E-state index in [1.165, 1.54) is 0 Å². The fourth-order valence-corrected chi connectivity index (χ4v) is 3.33. The van der Waals surface area contributed by atoms with Crippen LogP contribution in [0, 0.1) is 6.92 Å². The van der Waals surface area contributed by atoms with Crippen LogP contribution in [0.4, 0.5) is 0 Å². The van der Waals surface area contributed by atoms with Crippen LogP contribution < -0.4 is 14.2 Å². The minimum atomic E-state index is 0.347. The molecule has 0 saturated carbocycles. The minimum absolute atomic E-state index is 0.347. The zero-order valence-electron chi connectivity index (χ0n) is 16.7. The molecule has 0 radical (unpaired) electrons. The van der Waals surface area contributed by atoms with Gasteiger partial charge in [-0.1, -0.05) is 42.5 Å². The first kappa shape index (κ1) is 18.9. The molecule has 4 rings (SSSR count). The molecule has 0 atom stereocenters. The molecule has 0 fully saturated rings. The predicted molar refractivity (Wildman–Crippen MR) is 114 cm³/mol. The van der Waals surface area contributed by atoms with Gasteiger partial charge in [-0.05, 0) is 42.8 Å². The summed E-state index contributed by atoms with van der Waals surface area (Å²) in [5, 5.41) is 0. The number of fused-ring (bicyclic) bond motifs is 1. The second-order valence-electron chi connectivity index (χ2n) is 6.72. The summed E-state index contributed by atoms with van der Waals surface area (Å²) >= 11 is 0. The van der Waals surface area contributed by atoms with Gasteiger partial charge in [-0.25, -0.2) is 4.98 Å². The number of rotatable bonds is 8. The molecule has 29 heavy (non-hydrogen) atoms. The molecule has 5 heteroatoms. The summed E-state index contributed by atoms with van der Waals surface area (Å²) in [6.45, 7) is 3.63. The normalized spacial score (nSPS) is 10.8. The molecule has 0 aliphatic heterocycles. The Bertz CT molecular complexity index is 1100.